The molecule has 2 N–H and O–H groups in total. The maximum absolute atomic E-state index is 13.1. The van der Waals surface area contributed by atoms with E-state index >= 15 is 0 Å². The first-order chi connectivity index (χ1) is 16.9. The van der Waals surface area contributed by atoms with Gasteiger partial charge in [-0.2, -0.15) is 0 Å². The molecule has 4 heterocycles. The Hall–Kier alpha value is -2.79. The average molecular weight is 549 g/mol. The molecular formula is C24H26Cl2N6O3S. The summed E-state index contributed by atoms with van der Waals surface area (Å²) in [6, 6.07) is 6.31. The van der Waals surface area contributed by atoms with E-state index in [2.05, 4.69) is 25.5 Å². The van der Waals surface area contributed by atoms with Gasteiger partial charge >= 0.3 is 0 Å². The van der Waals surface area contributed by atoms with Gasteiger partial charge in [-0.05, 0) is 37.1 Å². The number of halogens is 2. The van der Waals surface area contributed by atoms with E-state index in [1.165, 1.54) is 11.3 Å². The topological polar surface area (TPSA) is 108 Å². The van der Waals surface area contributed by atoms with Crippen LogP contribution in [0.1, 0.15) is 37.3 Å². The molecule has 0 radical (unpaired) electrons. The van der Waals surface area contributed by atoms with Crippen LogP contribution in [0.25, 0.3) is 10.8 Å². The van der Waals surface area contributed by atoms with E-state index in [9.17, 15) is 14.4 Å². The summed E-state index contributed by atoms with van der Waals surface area (Å²) in [5.74, 6) is -0.622. The molecule has 12 heteroatoms. The van der Waals surface area contributed by atoms with Crippen molar-refractivity contribution in [3.63, 3.8) is 0 Å². The highest BCUT2D eigenvalue weighted by Crippen LogP contribution is 2.25. The lowest BCUT2D eigenvalue weighted by Crippen LogP contribution is -2.60. The van der Waals surface area contributed by atoms with Crippen LogP contribution in [0.5, 0.6) is 0 Å². The van der Waals surface area contributed by atoms with Crippen molar-refractivity contribution in [2.24, 2.45) is 0 Å². The number of piperidine rings is 1. The van der Waals surface area contributed by atoms with E-state index in [-0.39, 0.29) is 36.0 Å². The number of likely N-dealkylation sites (N-methyl/N-ethyl adjacent to an activating group) is 1. The molecule has 1 aromatic carbocycles. The smallest absolute Gasteiger partial charge is 0.280 e. The van der Waals surface area contributed by atoms with Gasteiger partial charge in [0.15, 0.2) is 5.01 Å². The minimum Gasteiger partial charge on any atom is -0.346 e. The zero-order valence-corrected chi connectivity index (χ0v) is 22.0. The summed E-state index contributed by atoms with van der Waals surface area (Å²) < 4.78 is 0. The summed E-state index contributed by atoms with van der Waals surface area (Å²) in [5, 5.41) is 8.73. The number of aromatic nitrogens is 2. The van der Waals surface area contributed by atoms with E-state index in [0.717, 1.165) is 47.3 Å². The third-order valence-corrected chi connectivity index (χ3v) is 7.78. The normalized spacial score (nSPS) is 19.8. The van der Waals surface area contributed by atoms with Gasteiger partial charge in [0.25, 0.3) is 11.8 Å². The van der Waals surface area contributed by atoms with Crippen molar-refractivity contribution in [3.8, 4) is 0 Å². The van der Waals surface area contributed by atoms with E-state index in [4.69, 9.17) is 11.6 Å². The zero-order valence-electron chi connectivity index (χ0n) is 19.6. The van der Waals surface area contributed by atoms with Crippen LogP contribution in [0.4, 0.5) is 0 Å². The summed E-state index contributed by atoms with van der Waals surface area (Å²) >= 11 is 7.44. The Kier molecular flexibility index (Phi) is 8.09. The van der Waals surface area contributed by atoms with Gasteiger partial charge < -0.3 is 20.4 Å². The third-order valence-electron chi connectivity index (χ3n) is 6.46. The first-order valence-corrected chi connectivity index (χ1v) is 12.6. The first kappa shape index (κ1) is 26.3. The molecule has 0 saturated carbocycles. The Balaban J connectivity index is 0.00000304. The third kappa shape index (κ3) is 5.62. The van der Waals surface area contributed by atoms with Crippen LogP contribution in [-0.2, 0) is 17.8 Å². The number of carbonyl (C=O) groups is 3. The summed E-state index contributed by atoms with van der Waals surface area (Å²) in [4.78, 5) is 51.3. The molecule has 9 nitrogen and oxygen atoms in total. The highest BCUT2D eigenvalue weighted by Gasteiger charge is 2.33. The first-order valence-electron chi connectivity index (χ1n) is 11.4. The molecular weight excluding hydrogens is 523 g/mol. The number of nitrogens with zero attached hydrogens (tertiary/aromatic N) is 4. The number of likely N-dealkylation sites (tertiary alicyclic amines) is 1. The van der Waals surface area contributed by atoms with Crippen molar-refractivity contribution in [2.75, 3.05) is 26.7 Å². The molecule has 1 fully saturated rings. The van der Waals surface area contributed by atoms with Crippen LogP contribution in [0, 0.1) is 0 Å². The van der Waals surface area contributed by atoms with Crippen LogP contribution in [-0.4, -0.2) is 76.8 Å². The van der Waals surface area contributed by atoms with Crippen LogP contribution in [0.2, 0.25) is 5.02 Å². The van der Waals surface area contributed by atoms with Crippen molar-refractivity contribution in [1.29, 1.82) is 0 Å². The maximum atomic E-state index is 13.1. The average Bonchev–Trinajstić information content (AvgIpc) is 3.28. The number of nitrogens with one attached hydrogen (secondary N) is 2. The maximum Gasteiger partial charge on any atom is 0.280 e. The van der Waals surface area contributed by atoms with Gasteiger partial charge in [0, 0.05) is 54.1 Å². The quantitative estimate of drug-likeness (QED) is 0.474. The second-order valence-corrected chi connectivity index (χ2v) is 10.5. The van der Waals surface area contributed by atoms with Gasteiger partial charge in [-0.3, -0.25) is 19.4 Å². The predicted molar refractivity (Wildman–Crippen MR) is 141 cm³/mol. The van der Waals surface area contributed by atoms with E-state index in [1.807, 2.05) is 13.1 Å². The van der Waals surface area contributed by atoms with Crippen LogP contribution in [0.15, 0.2) is 30.5 Å². The number of carbonyl (C=O) groups excluding carboxylic acids is 3. The lowest BCUT2D eigenvalue weighted by atomic mass is 9.99. The SMILES string of the molecule is CN1CCc2nc(C(=O)N[C@@H]3CN(C=O)CC[C@@H]3NC(=O)c3cc4ccc(Cl)cc4cn3)sc2C1.Cl. The van der Waals surface area contributed by atoms with Crippen molar-refractivity contribution >= 4 is 64.3 Å². The van der Waals surface area contributed by atoms with E-state index in [1.54, 1.807) is 29.3 Å². The predicted octanol–water partition coefficient (Wildman–Crippen LogP) is 2.51. The Bertz CT molecular complexity index is 1300. The number of hydrogen-bond acceptors (Lipinski definition) is 7. The molecule has 2 aromatic heterocycles. The number of hydrogen-bond donors (Lipinski definition) is 2. The summed E-state index contributed by atoms with van der Waals surface area (Å²) in [6.45, 7) is 2.49. The molecule has 36 heavy (non-hydrogen) atoms. The summed E-state index contributed by atoms with van der Waals surface area (Å²) in [5.41, 5.74) is 1.25. The van der Waals surface area contributed by atoms with Crippen molar-refractivity contribution in [3.05, 3.63) is 56.8 Å². The second-order valence-electron chi connectivity index (χ2n) is 8.99. The summed E-state index contributed by atoms with van der Waals surface area (Å²) in [6.07, 6.45) is 3.72. The van der Waals surface area contributed by atoms with Gasteiger partial charge in [0.1, 0.15) is 5.69 Å². The Morgan fingerprint density at radius 1 is 1.14 bits per heavy atom. The standard InChI is InChI=1S/C24H25ClN6O3S.ClH/c1-30-6-4-18-21(12-30)35-24(29-18)23(34)28-20-11-31(13-32)7-5-17(20)27-22(33)19-9-14-2-3-16(25)8-15(14)10-26-19;/h2-3,8-10,13,17,20H,4-7,11-12H2,1H3,(H,27,33)(H,28,34);1H/t17-,20+;/m0./s1. The van der Waals surface area contributed by atoms with E-state index in [0.29, 0.717) is 29.5 Å². The van der Waals surface area contributed by atoms with Gasteiger partial charge in [-0.25, -0.2) is 4.98 Å². The summed E-state index contributed by atoms with van der Waals surface area (Å²) in [7, 11) is 2.05. The fourth-order valence-electron chi connectivity index (χ4n) is 4.52. The van der Waals surface area contributed by atoms with Crippen LogP contribution >= 0.6 is 35.3 Å². The van der Waals surface area contributed by atoms with Crippen LogP contribution in [0.3, 0.4) is 0 Å². The number of pyridine rings is 1. The van der Waals surface area contributed by atoms with Crippen LogP contribution < -0.4 is 10.6 Å². The molecule has 2 atom stereocenters. The van der Waals surface area contributed by atoms with Gasteiger partial charge in [-0.1, -0.05) is 17.7 Å². The monoisotopic (exact) mass is 548 g/mol. The Labute approximate surface area is 223 Å². The van der Waals surface area contributed by atoms with Crippen molar-refractivity contribution in [2.45, 2.75) is 31.5 Å². The second kappa shape index (κ2) is 11.1. The van der Waals surface area contributed by atoms with Gasteiger partial charge in [-0.15, -0.1) is 23.7 Å². The van der Waals surface area contributed by atoms with Crippen molar-refractivity contribution in [1.82, 2.24) is 30.4 Å². The van der Waals surface area contributed by atoms with Gasteiger partial charge in [0.2, 0.25) is 6.41 Å². The number of benzene rings is 1. The fourth-order valence-corrected chi connectivity index (χ4v) is 5.79. The molecule has 2 aliphatic heterocycles. The minimum atomic E-state index is -0.451. The molecule has 3 aromatic rings. The zero-order chi connectivity index (χ0) is 24.5. The van der Waals surface area contributed by atoms with Gasteiger partial charge in [0.05, 0.1) is 17.8 Å². The molecule has 0 unspecified atom stereocenters. The molecule has 2 aliphatic rings. The van der Waals surface area contributed by atoms with Crippen molar-refractivity contribution < 1.29 is 14.4 Å². The molecule has 0 spiro atoms. The molecule has 0 bridgehead atoms. The number of thiazole rings is 1. The molecule has 190 valence electrons. The minimum absolute atomic E-state index is 0. The van der Waals surface area contributed by atoms with E-state index < -0.39 is 6.04 Å². The lowest BCUT2D eigenvalue weighted by Gasteiger charge is -2.37. The largest absolute Gasteiger partial charge is 0.346 e. The Morgan fingerprint density at radius 3 is 2.75 bits per heavy atom. The highest BCUT2D eigenvalue weighted by atomic mass is 35.5. The Morgan fingerprint density at radius 2 is 1.94 bits per heavy atom. The number of amides is 3. The lowest BCUT2D eigenvalue weighted by molar-refractivity contribution is -0.119. The number of rotatable bonds is 5. The fraction of sp³-hybridized carbons (Fsp3) is 0.375. The molecule has 1 saturated heterocycles. The molecule has 0 aliphatic carbocycles. The highest BCUT2D eigenvalue weighted by molar-refractivity contribution is 7.13. The number of fused-ring (bicyclic) bond motifs is 2. The molecule has 5 rings (SSSR count). The molecule has 3 amide bonds.